The first kappa shape index (κ1) is 16.5. The van der Waals surface area contributed by atoms with Crippen LogP contribution in [0.5, 0.6) is 0 Å². The van der Waals surface area contributed by atoms with Crippen LogP contribution in [-0.4, -0.2) is 36.9 Å². The monoisotopic (exact) mass is 372 g/mol. The molecule has 1 fully saturated rings. The van der Waals surface area contributed by atoms with Gasteiger partial charge in [0.05, 0.1) is 21.8 Å². The predicted molar refractivity (Wildman–Crippen MR) is 88.9 cm³/mol. The summed E-state index contributed by atoms with van der Waals surface area (Å²) in [5.74, 6) is 0.234. The SMILES string of the molecule is O=C(CSc1nnnn1C1CCCC1)Nc1ncc(Cl)cc1Cl. The molecule has 1 saturated carbocycles. The van der Waals surface area contributed by atoms with Gasteiger partial charge < -0.3 is 5.32 Å². The van der Waals surface area contributed by atoms with E-state index in [-0.39, 0.29) is 17.5 Å². The highest BCUT2D eigenvalue weighted by Crippen LogP contribution is 2.31. The van der Waals surface area contributed by atoms with Gasteiger partial charge in [-0.25, -0.2) is 9.67 Å². The van der Waals surface area contributed by atoms with E-state index >= 15 is 0 Å². The Labute approximate surface area is 147 Å². The van der Waals surface area contributed by atoms with Crippen LogP contribution in [0.2, 0.25) is 10.0 Å². The van der Waals surface area contributed by atoms with Gasteiger partial charge in [-0.15, -0.1) is 5.10 Å². The Morgan fingerprint density at radius 2 is 2.17 bits per heavy atom. The average Bonchev–Trinajstić information content (AvgIpc) is 3.18. The van der Waals surface area contributed by atoms with Crippen molar-refractivity contribution in [2.75, 3.05) is 11.1 Å². The van der Waals surface area contributed by atoms with E-state index in [1.807, 2.05) is 4.68 Å². The minimum atomic E-state index is -0.229. The van der Waals surface area contributed by atoms with Crippen LogP contribution in [0.4, 0.5) is 5.82 Å². The summed E-state index contributed by atoms with van der Waals surface area (Å²) < 4.78 is 1.82. The van der Waals surface area contributed by atoms with E-state index in [0.29, 0.717) is 21.2 Å². The number of hydrogen-bond acceptors (Lipinski definition) is 6. The highest BCUT2D eigenvalue weighted by Gasteiger charge is 2.22. The number of thioether (sulfide) groups is 1. The number of aromatic nitrogens is 5. The molecule has 0 saturated heterocycles. The van der Waals surface area contributed by atoms with Crippen molar-refractivity contribution in [1.29, 1.82) is 0 Å². The Bertz CT molecular complexity index is 704. The van der Waals surface area contributed by atoms with Crippen LogP contribution in [0.25, 0.3) is 0 Å². The fourth-order valence-electron chi connectivity index (χ4n) is 2.46. The maximum absolute atomic E-state index is 12.0. The highest BCUT2D eigenvalue weighted by atomic mass is 35.5. The van der Waals surface area contributed by atoms with Gasteiger partial charge in [-0.05, 0) is 29.3 Å². The van der Waals surface area contributed by atoms with Crippen LogP contribution >= 0.6 is 35.0 Å². The summed E-state index contributed by atoms with van der Waals surface area (Å²) in [6, 6.07) is 1.86. The molecule has 2 aromatic heterocycles. The average molecular weight is 373 g/mol. The summed E-state index contributed by atoms with van der Waals surface area (Å²) in [5, 5.41) is 15.8. The smallest absolute Gasteiger partial charge is 0.236 e. The zero-order valence-corrected chi connectivity index (χ0v) is 14.4. The van der Waals surface area contributed by atoms with Crippen LogP contribution in [0, 0.1) is 0 Å². The number of hydrogen-bond donors (Lipinski definition) is 1. The molecule has 1 N–H and O–H groups in total. The first-order valence-corrected chi connectivity index (χ1v) is 8.89. The molecule has 0 atom stereocenters. The Morgan fingerprint density at radius 1 is 1.39 bits per heavy atom. The van der Waals surface area contributed by atoms with E-state index in [1.54, 1.807) is 0 Å². The fraction of sp³-hybridized carbons (Fsp3) is 0.462. The fourth-order valence-corrected chi connectivity index (χ4v) is 3.64. The second kappa shape index (κ2) is 7.46. The Hall–Kier alpha value is -1.38. The number of nitrogens with zero attached hydrogens (tertiary/aromatic N) is 5. The number of carbonyl (C=O) groups excluding carboxylic acids is 1. The normalized spacial score (nSPS) is 15.0. The van der Waals surface area contributed by atoms with E-state index in [9.17, 15) is 4.79 Å². The number of carbonyl (C=O) groups is 1. The van der Waals surface area contributed by atoms with Gasteiger partial charge >= 0.3 is 0 Å². The summed E-state index contributed by atoms with van der Waals surface area (Å²) in [4.78, 5) is 16.0. The minimum absolute atomic E-state index is 0.174. The molecule has 0 bridgehead atoms. The zero-order valence-electron chi connectivity index (χ0n) is 12.1. The molecular formula is C13H14Cl2N6OS. The largest absolute Gasteiger partial charge is 0.309 e. The molecule has 23 heavy (non-hydrogen) atoms. The lowest BCUT2D eigenvalue weighted by Crippen LogP contribution is -2.16. The number of nitrogens with one attached hydrogen (secondary N) is 1. The summed E-state index contributed by atoms with van der Waals surface area (Å²) in [6.07, 6.45) is 5.97. The second-order valence-corrected chi connectivity index (χ2v) is 6.95. The van der Waals surface area contributed by atoms with Crippen molar-refractivity contribution in [3.8, 4) is 0 Å². The quantitative estimate of drug-likeness (QED) is 0.810. The molecule has 122 valence electrons. The van der Waals surface area contributed by atoms with Crippen molar-refractivity contribution in [3.63, 3.8) is 0 Å². The van der Waals surface area contributed by atoms with Gasteiger partial charge in [-0.3, -0.25) is 4.79 Å². The Balaban J connectivity index is 1.58. The van der Waals surface area contributed by atoms with Crippen molar-refractivity contribution in [2.24, 2.45) is 0 Å². The molecule has 0 unspecified atom stereocenters. The molecule has 1 amide bonds. The van der Waals surface area contributed by atoms with Crippen LogP contribution in [0.15, 0.2) is 17.4 Å². The number of halogens is 2. The Morgan fingerprint density at radius 3 is 2.91 bits per heavy atom. The molecule has 0 spiro atoms. The number of rotatable bonds is 5. The third-order valence-corrected chi connectivity index (χ3v) is 4.96. The maximum Gasteiger partial charge on any atom is 0.236 e. The number of pyridine rings is 1. The molecular weight excluding hydrogens is 359 g/mol. The minimum Gasteiger partial charge on any atom is -0.309 e. The molecule has 7 nitrogen and oxygen atoms in total. The standard InChI is InChI=1S/C13H14Cl2N6OS/c14-8-5-10(15)12(16-6-8)17-11(22)7-23-13-18-19-20-21(13)9-3-1-2-4-9/h5-6,9H,1-4,7H2,(H,16,17,22). The van der Waals surface area contributed by atoms with Crippen molar-refractivity contribution < 1.29 is 4.79 Å². The molecule has 2 heterocycles. The highest BCUT2D eigenvalue weighted by molar-refractivity contribution is 7.99. The lowest BCUT2D eigenvalue weighted by Gasteiger charge is -2.10. The third-order valence-electron chi connectivity index (χ3n) is 3.53. The number of tetrazole rings is 1. The topological polar surface area (TPSA) is 85.6 Å². The first-order valence-electron chi connectivity index (χ1n) is 7.15. The summed E-state index contributed by atoms with van der Waals surface area (Å²) >= 11 is 13.0. The summed E-state index contributed by atoms with van der Waals surface area (Å²) in [7, 11) is 0. The lowest BCUT2D eigenvalue weighted by molar-refractivity contribution is -0.113. The van der Waals surface area contributed by atoms with Crippen LogP contribution in [0.3, 0.4) is 0 Å². The summed E-state index contributed by atoms with van der Waals surface area (Å²) in [6.45, 7) is 0. The van der Waals surface area contributed by atoms with E-state index in [0.717, 1.165) is 12.8 Å². The van der Waals surface area contributed by atoms with E-state index in [1.165, 1.54) is 36.9 Å². The van der Waals surface area contributed by atoms with Crippen molar-refractivity contribution in [1.82, 2.24) is 25.2 Å². The molecule has 1 aliphatic rings. The second-order valence-electron chi connectivity index (χ2n) is 5.17. The predicted octanol–water partition coefficient (Wildman–Crippen LogP) is 3.22. The Kier molecular flexibility index (Phi) is 5.34. The van der Waals surface area contributed by atoms with Crippen molar-refractivity contribution in [2.45, 2.75) is 36.9 Å². The van der Waals surface area contributed by atoms with Crippen LogP contribution < -0.4 is 5.32 Å². The van der Waals surface area contributed by atoms with E-state index in [4.69, 9.17) is 23.2 Å². The summed E-state index contributed by atoms with van der Waals surface area (Å²) in [5.41, 5.74) is 0. The van der Waals surface area contributed by atoms with Gasteiger partial charge in [-0.2, -0.15) is 0 Å². The molecule has 1 aliphatic carbocycles. The van der Waals surface area contributed by atoms with Gasteiger partial charge in [-0.1, -0.05) is 47.8 Å². The molecule has 2 aromatic rings. The lowest BCUT2D eigenvalue weighted by atomic mass is 10.3. The number of amides is 1. The maximum atomic E-state index is 12.0. The van der Waals surface area contributed by atoms with Gasteiger partial charge in [0, 0.05) is 6.20 Å². The van der Waals surface area contributed by atoms with Gasteiger partial charge in [0.25, 0.3) is 0 Å². The van der Waals surface area contributed by atoms with Gasteiger partial charge in [0.1, 0.15) is 0 Å². The molecule has 0 aliphatic heterocycles. The van der Waals surface area contributed by atoms with Gasteiger partial charge in [0.15, 0.2) is 5.82 Å². The molecule has 0 radical (unpaired) electrons. The molecule has 10 heteroatoms. The zero-order chi connectivity index (χ0) is 16.2. The van der Waals surface area contributed by atoms with Crippen LogP contribution in [-0.2, 0) is 4.79 Å². The van der Waals surface area contributed by atoms with Crippen LogP contribution in [0.1, 0.15) is 31.7 Å². The third kappa shape index (κ3) is 4.13. The van der Waals surface area contributed by atoms with Crippen molar-refractivity contribution in [3.05, 3.63) is 22.3 Å². The van der Waals surface area contributed by atoms with E-state index in [2.05, 4.69) is 25.8 Å². The molecule has 3 rings (SSSR count). The number of anilines is 1. The van der Waals surface area contributed by atoms with E-state index < -0.39 is 0 Å². The van der Waals surface area contributed by atoms with Gasteiger partial charge in [0.2, 0.25) is 11.1 Å². The first-order chi connectivity index (χ1) is 11.1. The molecule has 0 aromatic carbocycles. The van der Waals surface area contributed by atoms with Crippen molar-refractivity contribution >= 4 is 46.7 Å².